The van der Waals surface area contributed by atoms with Crippen molar-refractivity contribution in [3.8, 4) is 5.75 Å². The number of aliphatic hydroxyl groups is 1. The summed E-state index contributed by atoms with van der Waals surface area (Å²) >= 11 is 3.26. The van der Waals surface area contributed by atoms with Gasteiger partial charge in [-0.25, -0.2) is 0 Å². The summed E-state index contributed by atoms with van der Waals surface area (Å²) in [7, 11) is 1.54. The van der Waals surface area contributed by atoms with Crippen LogP contribution in [0.1, 0.15) is 18.1 Å². The lowest BCUT2D eigenvalue weighted by molar-refractivity contribution is -0.139. The second-order valence-electron chi connectivity index (χ2n) is 3.01. The van der Waals surface area contributed by atoms with Crippen molar-refractivity contribution in [2.45, 2.75) is 12.5 Å². The van der Waals surface area contributed by atoms with Gasteiger partial charge in [0.1, 0.15) is 5.75 Å². The fraction of sp³-hybridized carbons (Fsp3) is 0.300. The van der Waals surface area contributed by atoms with Gasteiger partial charge in [0.05, 0.1) is 24.1 Å². The van der Waals surface area contributed by atoms with E-state index in [4.69, 9.17) is 9.84 Å². The number of carboxylic acid groups (broad SMARTS) is 1. The molecule has 0 saturated heterocycles. The molecule has 15 heavy (non-hydrogen) atoms. The van der Waals surface area contributed by atoms with E-state index in [1.807, 2.05) is 0 Å². The molecule has 0 unspecified atom stereocenters. The molecule has 0 aliphatic heterocycles. The highest BCUT2D eigenvalue weighted by atomic mass is 79.9. The Morgan fingerprint density at radius 2 is 2.27 bits per heavy atom. The minimum Gasteiger partial charge on any atom is -0.496 e. The second-order valence-corrected chi connectivity index (χ2v) is 3.86. The number of carboxylic acids is 1. The normalized spacial score (nSPS) is 12.2. The fourth-order valence-electron chi connectivity index (χ4n) is 1.17. The van der Waals surface area contributed by atoms with Gasteiger partial charge in [-0.3, -0.25) is 4.79 Å². The van der Waals surface area contributed by atoms with Crippen LogP contribution < -0.4 is 4.74 Å². The maximum Gasteiger partial charge on any atom is 0.306 e. The van der Waals surface area contributed by atoms with Crippen molar-refractivity contribution in [3.05, 3.63) is 28.2 Å². The lowest BCUT2D eigenvalue weighted by atomic mass is 10.1. The molecule has 1 aromatic carbocycles. The molecule has 82 valence electrons. The number of hydrogen-bond acceptors (Lipinski definition) is 3. The monoisotopic (exact) mass is 274 g/mol. The summed E-state index contributed by atoms with van der Waals surface area (Å²) in [5.74, 6) is -0.393. The van der Waals surface area contributed by atoms with Crippen LogP contribution in [0, 0.1) is 0 Å². The van der Waals surface area contributed by atoms with Crippen molar-refractivity contribution in [2.24, 2.45) is 0 Å². The lowest BCUT2D eigenvalue weighted by Gasteiger charge is -2.10. The Balaban J connectivity index is 2.87. The number of aliphatic hydroxyl groups excluding tert-OH is 1. The molecule has 0 amide bonds. The zero-order chi connectivity index (χ0) is 11.4. The van der Waals surface area contributed by atoms with Crippen LogP contribution in [-0.4, -0.2) is 23.3 Å². The molecule has 0 heterocycles. The Hall–Kier alpha value is -1.07. The first-order valence-electron chi connectivity index (χ1n) is 4.28. The van der Waals surface area contributed by atoms with E-state index >= 15 is 0 Å². The van der Waals surface area contributed by atoms with Crippen LogP contribution in [0.5, 0.6) is 5.75 Å². The van der Waals surface area contributed by atoms with E-state index in [0.717, 1.165) is 0 Å². The first kappa shape index (κ1) is 12.0. The maximum absolute atomic E-state index is 10.4. The summed E-state index contributed by atoms with van der Waals surface area (Å²) in [5, 5.41) is 18.1. The standard InChI is InChI=1S/C10H11BrO4/c1-15-9-3-2-6(4-7(9)11)8(12)5-10(13)14/h2-4,8,12H,5H2,1H3,(H,13,14)/t8-/m1/s1. The van der Waals surface area contributed by atoms with E-state index in [2.05, 4.69) is 15.9 Å². The molecule has 2 N–H and O–H groups in total. The Labute approximate surface area is 95.6 Å². The zero-order valence-corrected chi connectivity index (χ0v) is 9.69. The van der Waals surface area contributed by atoms with Crippen molar-refractivity contribution < 1.29 is 19.7 Å². The summed E-state index contributed by atoms with van der Waals surface area (Å²) < 4.78 is 5.70. The molecular weight excluding hydrogens is 264 g/mol. The van der Waals surface area contributed by atoms with Crippen molar-refractivity contribution >= 4 is 21.9 Å². The van der Waals surface area contributed by atoms with Gasteiger partial charge in [0, 0.05) is 0 Å². The first-order chi connectivity index (χ1) is 7.04. The molecule has 5 heteroatoms. The van der Waals surface area contributed by atoms with E-state index in [0.29, 0.717) is 15.8 Å². The Kier molecular flexibility index (Phi) is 4.11. The van der Waals surface area contributed by atoms with Gasteiger partial charge in [-0.1, -0.05) is 6.07 Å². The molecule has 1 rings (SSSR count). The molecule has 1 aromatic rings. The molecule has 0 radical (unpaired) electrons. The molecule has 0 aliphatic carbocycles. The number of halogens is 1. The molecular formula is C10H11BrO4. The van der Waals surface area contributed by atoms with Crippen LogP contribution in [0.3, 0.4) is 0 Å². The molecule has 0 saturated carbocycles. The van der Waals surface area contributed by atoms with Gasteiger partial charge in [-0.05, 0) is 33.6 Å². The number of carbonyl (C=O) groups is 1. The SMILES string of the molecule is COc1ccc([C@H](O)CC(=O)O)cc1Br. The van der Waals surface area contributed by atoms with Crippen molar-refractivity contribution in [2.75, 3.05) is 7.11 Å². The van der Waals surface area contributed by atoms with Crippen LogP contribution >= 0.6 is 15.9 Å². The second kappa shape index (κ2) is 5.14. The minimum absolute atomic E-state index is 0.307. The maximum atomic E-state index is 10.4. The van der Waals surface area contributed by atoms with E-state index in [1.165, 1.54) is 7.11 Å². The highest BCUT2D eigenvalue weighted by molar-refractivity contribution is 9.10. The van der Waals surface area contributed by atoms with Crippen LogP contribution in [0.15, 0.2) is 22.7 Å². The van der Waals surface area contributed by atoms with Gasteiger partial charge in [-0.2, -0.15) is 0 Å². The van der Waals surface area contributed by atoms with Crippen LogP contribution in [-0.2, 0) is 4.79 Å². The third kappa shape index (κ3) is 3.21. The zero-order valence-electron chi connectivity index (χ0n) is 8.11. The number of methoxy groups -OCH3 is 1. The lowest BCUT2D eigenvalue weighted by Crippen LogP contribution is -2.05. The number of hydrogen-bond donors (Lipinski definition) is 2. The highest BCUT2D eigenvalue weighted by Gasteiger charge is 2.13. The molecule has 0 fully saturated rings. The van der Waals surface area contributed by atoms with E-state index in [9.17, 15) is 9.90 Å². The number of benzene rings is 1. The largest absolute Gasteiger partial charge is 0.496 e. The quantitative estimate of drug-likeness (QED) is 0.881. The fourth-order valence-corrected chi connectivity index (χ4v) is 1.73. The van der Waals surface area contributed by atoms with Gasteiger partial charge in [-0.15, -0.1) is 0 Å². The number of ether oxygens (including phenoxy) is 1. The summed E-state index contributed by atoms with van der Waals surface area (Å²) in [6, 6.07) is 4.95. The summed E-state index contributed by atoms with van der Waals surface area (Å²) in [6.07, 6.45) is -1.30. The van der Waals surface area contributed by atoms with Gasteiger partial charge in [0.25, 0.3) is 0 Å². The predicted molar refractivity (Wildman–Crippen MR) is 57.9 cm³/mol. The topological polar surface area (TPSA) is 66.8 Å². The first-order valence-corrected chi connectivity index (χ1v) is 5.07. The van der Waals surface area contributed by atoms with Gasteiger partial charge >= 0.3 is 5.97 Å². The van der Waals surface area contributed by atoms with Gasteiger partial charge < -0.3 is 14.9 Å². The summed E-state index contributed by atoms with van der Waals surface area (Å²) in [5.41, 5.74) is 0.546. The van der Waals surface area contributed by atoms with Crippen molar-refractivity contribution in [3.63, 3.8) is 0 Å². The molecule has 0 aromatic heterocycles. The van der Waals surface area contributed by atoms with Crippen LogP contribution in [0.2, 0.25) is 0 Å². The predicted octanol–water partition coefficient (Wildman–Crippen LogP) is 1.97. The summed E-state index contributed by atoms with van der Waals surface area (Å²) in [6.45, 7) is 0. The number of rotatable bonds is 4. The highest BCUT2D eigenvalue weighted by Crippen LogP contribution is 2.28. The summed E-state index contributed by atoms with van der Waals surface area (Å²) in [4.78, 5) is 10.4. The van der Waals surface area contributed by atoms with Gasteiger partial charge in [0.2, 0.25) is 0 Å². The Morgan fingerprint density at radius 1 is 1.60 bits per heavy atom. The number of aliphatic carboxylic acids is 1. The molecule has 1 atom stereocenters. The van der Waals surface area contributed by atoms with E-state index < -0.39 is 12.1 Å². The Bertz CT molecular complexity index is 364. The van der Waals surface area contributed by atoms with Crippen LogP contribution in [0.25, 0.3) is 0 Å². The van der Waals surface area contributed by atoms with E-state index in [-0.39, 0.29) is 6.42 Å². The molecule has 0 bridgehead atoms. The minimum atomic E-state index is -1.03. The van der Waals surface area contributed by atoms with Gasteiger partial charge in [0.15, 0.2) is 0 Å². The van der Waals surface area contributed by atoms with Crippen molar-refractivity contribution in [1.29, 1.82) is 0 Å². The molecule has 0 aliphatic rings. The average Bonchev–Trinajstić information content (AvgIpc) is 2.16. The molecule has 0 spiro atoms. The smallest absolute Gasteiger partial charge is 0.306 e. The molecule has 4 nitrogen and oxygen atoms in total. The average molecular weight is 275 g/mol. The van der Waals surface area contributed by atoms with E-state index in [1.54, 1.807) is 18.2 Å². The third-order valence-electron chi connectivity index (χ3n) is 1.93. The Morgan fingerprint density at radius 3 is 2.73 bits per heavy atom. The third-order valence-corrected chi connectivity index (χ3v) is 2.55. The van der Waals surface area contributed by atoms with Crippen LogP contribution in [0.4, 0.5) is 0 Å². The van der Waals surface area contributed by atoms with Crippen molar-refractivity contribution in [1.82, 2.24) is 0 Å².